The summed E-state index contributed by atoms with van der Waals surface area (Å²) < 4.78 is 0. The predicted octanol–water partition coefficient (Wildman–Crippen LogP) is 4.34. The minimum atomic E-state index is 0.141. The van der Waals surface area contributed by atoms with Gasteiger partial charge in [-0.05, 0) is 66.0 Å². The van der Waals surface area contributed by atoms with Gasteiger partial charge in [0.1, 0.15) is 5.78 Å². The number of ketones is 1. The van der Waals surface area contributed by atoms with Crippen LogP contribution in [-0.2, 0) is 11.2 Å². The highest BCUT2D eigenvalue weighted by atomic mass is 16.1. The topological polar surface area (TPSA) is 17.1 Å². The summed E-state index contributed by atoms with van der Waals surface area (Å²) in [7, 11) is 0. The normalized spacial score (nSPS) is 24.5. The molecule has 0 spiro atoms. The lowest BCUT2D eigenvalue weighted by molar-refractivity contribution is -0.118. The van der Waals surface area contributed by atoms with Crippen molar-refractivity contribution in [2.45, 2.75) is 44.4 Å². The summed E-state index contributed by atoms with van der Waals surface area (Å²) >= 11 is 0. The van der Waals surface area contributed by atoms with E-state index < -0.39 is 0 Å². The van der Waals surface area contributed by atoms with Crippen molar-refractivity contribution >= 4 is 16.6 Å². The molecule has 0 fully saturated rings. The fraction of sp³-hybridized carbons (Fsp3) is 0.389. The van der Waals surface area contributed by atoms with Crippen molar-refractivity contribution in [3.63, 3.8) is 0 Å². The highest BCUT2D eigenvalue weighted by Gasteiger charge is 2.33. The molecule has 0 N–H and O–H groups in total. The molecule has 0 aromatic heterocycles. The van der Waals surface area contributed by atoms with Crippen molar-refractivity contribution in [2.75, 3.05) is 0 Å². The maximum Gasteiger partial charge on any atom is 0.137 e. The van der Waals surface area contributed by atoms with Crippen LogP contribution in [0, 0.1) is 0 Å². The second kappa shape index (κ2) is 3.93. The first-order chi connectivity index (χ1) is 9.25. The SMILES string of the molecule is CC(=O)C1CCC2CCc3cccc4ccc1c2c34. The van der Waals surface area contributed by atoms with Crippen LogP contribution in [0.1, 0.15) is 54.7 Å². The molecule has 2 aliphatic rings. The number of aryl methyl sites for hydroxylation is 1. The van der Waals surface area contributed by atoms with E-state index in [1.807, 2.05) is 0 Å². The zero-order valence-electron chi connectivity index (χ0n) is 11.3. The molecule has 0 amide bonds. The number of hydrogen-bond acceptors (Lipinski definition) is 1. The molecule has 0 saturated heterocycles. The number of carbonyl (C=O) groups excluding carboxylic acids is 1. The van der Waals surface area contributed by atoms with Gasteiger partial charge >= 0.3 is 0 Å². The summed E-state index contributed by atoms with van der Waals surface area (Å²) in [6, 6.07) is 11.1. The zero-order chi connectivity index (χ0) is 13.0. The molecule has 2 aromatic rings. The van der Waals surface area contributed by atoms with Crippen molar-refractivity contribution < 1.29 is 4.79 Å². The van der Waals surface area contributed by atoms with E-state index in [1.54, 1.807) is 6.92 Å². The van der Waals surface area contributed by atoms with Gasteiger partial charge in [0.15, 0.2) is 0 Å². The van der Waals surface area contributed by atoms with Crippen LogP contribution in [0.5, 0.6) is 0 Å². The summed E-state index contributed by atoms with van der Waals surface area (Å²) in [5, 5.41) is 2.81. The first-order valence-electron chi connectivity index (χ1n) is 7.30. The molecule has 0 bridgehead atoms. The third kappa shape index (κ3) is 1.51. The lowest BCUT2D eigenvalue weighted by Gasteiger charge is -2.35. The zero-order valence-corrected chi connectivity index (χ0v) is 11.3. The van der Waals surface area contributed by atoms with Gasteiger partial charge in [0.25, 0.3) is 0 Å². The van der Waals surface area contributed by atoms with Gasteiger partial charge in [-0.2, -0.15) is 0 Å². The van der Waals surface area contributed by atoms with Crippen molar-refractivity contribution in [3.8, 4) is 0 Å². The van der Waals surface area contributed by atoms with Crippen LogP contribution in [0.3, 0.4) is 0 Å². The Kier molecular flexibility index (Phi) is 2.32. The minimum Gasteiger partial charge on any atom is -0.299 e. The van der Waals surface area contributed by atoms with Crippen LogP contribution in [-0.4, -0.2) is 5.78 Å². The van der Waals surface area contributed by atoms with Gasteiger partial charge in [-0.1, -0.05) is 30.3 Å². The monoisotopic (exact) mass is 250 g/mol. The lowest BCUT2D eigenvalue weighted by Crippen LogP contribution is -2.22. The Labute approximate surface area is 113 Å². The van der Waals surface area contributed by atoms with Gasteiger partial charge in [-0.15, -0.1) is 0 Å². The number of Topliss-reactive ketones (excluding diaryl/α,β-unsaturated/α-hetero) is 1. The van der Waals surface area contributed by atoms with E-state index in [-0.39, 0.29) is 5.92 Å². The Bertz CT molecular complexity index is 683. The molecular formula is C18H18O. The average molecular weight is 250 g/mol. The summed E-state index contributed by atoms with van der Waals surface area (Å²) in [4.78, 5) is 11.9. The molecule has 2 unspecified atom stereocenters. The van der Waals surface area contributed by atoms with E-state index in [0.29, 0.717) is 11.7 Å². The predicted molar refractivity (Wildman–Crippen MR) is 77.7 cm³/mol. The largest absolute Gasteiger partial charge is 0.299 e. The quantitative estimate of drug-likeness (QED) is 0.736. The Hall–Kier alpha value is -1.63. The maximum absolute atomic E-state index is 11.9. The molecule has 96 valence electrons. The van der Waals surface area contributed by atoms with E-state index in [9.17, 15) is 4.79 Å². The second-order valence-electron chi connectivity index (χ2n) is 6.06. The Morgan fingerprint density at radius 2 is 2.00 bits per heavy atom. The standard InChI is InChI=1S/C18H18O/c1-11(19)15-9-7-14-6-5-12-3-2-4-13-8-10-16(15)18(14)17(12)13/h2-4,8,10,14-15H,5-7,9H2,1H3. The molecule has 2 aromatic carbocycles. The molecule has 2 atom stereocenters. The Morgan fingerprint density at radius 1 is 1.11 bits per heavy atom. The number of carbonyl (C=O) groups is 1. The molecule has 0 heterocycles. The molecule has 1 heteroatoms. The van der Waals surface area contributed by atoms with Crippen molar-refractivity contribution in [1.29, 1.82) is 0 Å². The van der Waals surface area contributed by atoms with E-state index in [2.05, 4.69) is 30.3 Å². The van der Waals surface area contributed by atoms with E-state index in [4.69, 9.17) is 0 Å². The molecule has 2 aliphatic carbocycles. The molecule has 0 radical (unpaired) electrons. The summed E-state index contributed by atoms with van der Waals surface area (Å²) in [6.07, 6.45) is 4.68. The fourth-order valence-corrected chi connectivity index (χ4v) is 4.16. The maximum atomic E-state index is 11.9. The van der Waals surface area contributed by atoms with Crippen LogP contribution in [0.25, 0.3) is 10.8 Å². The highest BCUT2D eigenvalue weighted by Crippen LogP contribution is 2.48. The highest BCUT2D eigenvalue weighted by molar-refractivity contribution is 5.94. The molecular weight excluding hydrogens is 232 g/mol. The van der Waals surface area contributed by atoms with E-state index in [0.717, 1.165) is 6.42 Å². The summed E-state index contributed by atoms with van der Waals surface area (Å²) in [5.74, 6) is 1.16. The number of rotatable bonds is 1. The van der Waals surface area contributed by atoms with E-state index >= 15 is 0 Å². The van der Waals surface area contributed by atoms with Gasteiger partial charge < -0.3 is 0 Å². The third-order valence-electron chi connectivity index (χ3n) is 5.05. The van der Waals surface area contributed by atoms with Crippen molar-refractivity contribution in [1.82, 2.24) is 0 Å². The van der Waals surface area contributed by atoms with Gasteiger partial charge in [0.05, 0.1) is 0 Å². The molecule has 19 heavy (non-hydrogen) atoms. The first kappa shape index (κ1) is 11.2. The number of benzene rings is 2. The molecule has 4 rings (SSSR count). The minimum absolute atomic E-state index is 0.141. The van der Waals surface area contributed by atoms with Crippen molar-refractivity contribution in [3.05, 3.63) is 47.0 Å². The van der Waals surface area contributed by atoms with Gasteiger partial charge in [-0.25, -0.2) is 0 Å². The molecule has 0 saturated carbocycles. The van der Waals surface area contributed by atoms with Gasteiger partial charge in [-0.3, -0.25) is 4.79 Å². The Morgan fingerprint density at radius 3 is 2.84 bits per heavy atom. The summed E-state index contributed by atoms with van der Waals surface area (Å²) in [5.41, 5.74) is 4.31. The second-order valence-corrected chi connectivity index (χ2v) is 6.06. The van der Waals surface area contributed by atoms with Crippen LogP contribution in [0.2, 0.25) is 0 Å². The van der Waals surface area contributed by atoms with Crippen LogP contribution < -0.4 is 0 Å². The lowest BCUT2D eigenvalue weighted by atomic mass is 9.69. The van der Waals surface area contributed by atoms with Crippen molar-refractivity contribution in [2.24, 2.45) is 0 Å². The average Bonchev–Trinajstić information content (AvgIpc) is 2.44. The third-order valence-corrected chi connectivity index (χ3v) is 5.05. The van der Waals surface area contributed by atoms with Gasteiger partial charge in [0, 0.05) is 5.92 Å². The van der Waals surface area contributed by atoms with Crippen LogP contribution in [0.15, 0.2) is 30.3 Å². The van der Waals surface area contributed by atoms with Crippen LogP contribution >= 0.6 is 0 Å². The van der Waals surface area contributed by atoms with Gasteiger partial charge in [0.2, 0.25) is 0 Å². The van der Waals surface area contributed by atoms with Crippen LogP contribution in [0.4, 0.5) is 0 Å². The summed E-state index contributed by atoms with van der Waals surface area (Å²) in [6.45, 7) is 1.75. The number of hydrogen-bond donors (Lipinski definition) is 0. The van der Waals surface area contributed by atoms with E-state index in [1.165, 1.54) is 46.7 Å². The molecule has 0 aliphatic heterocycles. The smallest absolute Gasteiger partial charge is 0.137 e. The first-order valence-corrected chi connectivity index (χ1v) is 7.30. The Balaban J connectivity index is 2.08. The fourth-order valence-electron chi connectivity index (χ4n) is 4.16. The molecule has 1 nitrogen and oxygen atoms in total.